The summed E-state index contributed by atoms with van der Waals surface area (Å²) >= 11 is 5.80. The van der Waals surface area contributed by atoms with E-state index in [9.17, 15) is 4.79 Å². The number of halogens is 1. The maximum Gasteiger partial charge on any atom is 0.253 e. The summed E-state index contributed by atoms with van der Waals surface area (Å²) in [6.45, 7) is -0.0424. The van der Waals surface area contributed by atoms with Crippen molar-refractivity contribution in [2.75, 3.05) is 12.3 Å². The number of carbonyl (C=O) groups excluding carboxylic acids is 1. The van der Waals surface area contributed by atoms with Gasteiger partial charge in [-0.3, -0.25) is 4.79 Å². The van der Waals surface area contributed by atoms with Crippen molar-refractivity contribution in [1.29, 1.82) is 0 Å². The zero-order valence-electron chi connectivity index (χ0n) is 8.66. The Morgan fingerprint density at radius 2 is 2.25 bits per heavy atom. The van der Waals surface area contributed by atoms with Crippen molar-refractivity contribution in [2.45, 2.75) is 18.4 Å². The van der Waals surface area contributed by atoms with Gasteiger partial charge in [-0.05, 0) is 31.0 Å². The Labute approximate surface area is 98.4 Å². The Balaban J connectivity index is 2.17. The fourth-order valence-corrected chi connectivity index (χ4v) is 1.68. The summed E-state index contributed by atoms with van der Waals surface area (Å²) in [4.78, 5) is 11.9. The number of nitrogens with two attached hydrogens (primary N) is 1. The summed E-state index contributed by atoms with van der Waals surface area (Å²) in [5, 5.41) is 12.3. The van der Waals surface area contributed by atoms with Gasteiger partial charge in [-0.25, -0.2) is 0 Å². The second-order valence-electron chi connectivity index (χ2n) is 4.12. The van der Waals surface area contributed by atoms with Crippen LogP contribution in [0.15, 0.2) is 18.2 Å². The van der Waals surface area contributed by atoms with E-state index in [4.69, 9.17) is 22.4 Å². The molecule has 0 atom stereocenters. The molecule has 2 rings (SSSR count). The van der Waals surface area contributed by atoms with Crippen LogP contribution >= 0.6 is 11.6 Å². The van der Waals surface area contributed by atoms with Gasteiger partial charge in [-0.2, -0.15) is 0 Å². The molecule has 0 aromatic heterocycles. The number of nitrogens with one attached hydrogen (secondary N) is 1. The van der Waals surface area contributed by atoms with Crippen LogP contribution in [0.2, 0.25) is 5.02 Å². The van der Waals surface area contributed by atoms with E-state index in [-0.39, 0.29) is 12.5 Å². The molecule has 1 amide bonds. The molecule has 0 unspecified atom stereocenters. The van der Waals surface area contributed by atoms with Gasteiger partial charge in [-0.15, -0.1) is 0 Å². The minimum Gasteiger partial charge on any atom is -0.398 e. The third kappa shape index (κ3) is 2.13. The Kier molecular flexibility index (Phi) is 2.78. The number of hydrogen-bond donors (Lipinski definition) is 3. The molecule has 0 radical (unpaired) electrons. The Morgan fingerprint density at radius 3 is 2.81 bits per heavy atom. The van der Waals surface area contributed by atoms with Crippen molar-refractivity contribution in [3.63, 3.8) is 0 Å². The van der Waals surface area contributed by atoms with Gasteiger partial charge in [0, 0.05) is 10.7 Å². The predicted molar refractivity (Wildman–Crippen MR) is 62.4 cm³/mol. The van der Waals surface area contributed by atoms with E-state index in [0.717, 1.165) is 12.8 Å². The van der Waals surface area contributed by atoms with Crippen molar-refractivity contribution in [3.05, 3.63) is 28.8 Å². The van der Waals surface area contributed by atoms with Crippen LogP contribution < -0.4 is 11.1 Å². The van der Waals surface area contributed by atoms with Crippen LogP contribution in [-0.2, 0) is 0 Å². The molecule has 0 spiro atoms. The zero-order valence-corrected chi connectivity index (χ0v) is 9.42. The Morgan fingerprint density at radius 1 is 1.56 bits per heavy atom. The van der Waals surface area contributed by atoms with Crippen LogP contribution in [0.5, 0.6) is 0 Å². The summed E-state index contributed by atoms with van der Waals surface area (Å²) in [6.07, 6.45) is 1.60. The highest BCUT2D eigenvalue weighted by molar-refractivity contribution is 6.31. The lowest BCUT2D eigenvalue weighted by Gasteiger charge is -2.15. The monoisotopic (exact) mass is 240 g/mol. The van der Waals surface area contributed by atoms with E-state index in [0.29, 0.717) is 16.3 Å². The first-order valence-electron chi connectivity index (χ1n) is 5.05. The second-order valence-corrected chi connectivity index (χ2v) is 4.56. The number of benzene rings is 1. The number of rotatable bonds is 3. The molecule has 1 aliphatic carbocycles. The van der Waals surface area contributed by atoms with Gasteiger partial charge in [0.15, 0.2) is 0 Å². The smallest absolute Gasteiger partial charge is 0.253 e. The fraction of sp³-hybridized carbons (Fsp3) is 0.364. The molecule has 0 aliphatic heterocycles. The van der Waals surface area contributed by atoms with Crippen molar-refractivity contribution < 1.29 is 9.90 Å². The molecule has 1 fully saturated rings. The van der Waals surface area contributed by atoms with Crippen molar-refractivity contribution in [3.8, 4) is 0 Å². The van der Waals surface area contributed by atoms with Crippen molar-refractivity contribution in [1.82, 2.24) is 5.32 Å². The minimum absolute atomic E-state index is 0.0424. The highest BCUT2D eigenvalue weighted by Gasteiger charge is 2.43. The molecule has 1 saturated carbocycles. The van der Waals surface area contributed by atoms with E-state index in [1.165, 1.54) is 6.07 Å². The van der Waals surface area contributed by atoms with E-state index in [1.807, 2.05) is 0 Å². The normalized spacial score (nSPS) is 16.9. The summed E-state index contributed by atoms with van der Waals surface area (Å²) in [5.74, 6) is -0.286. The highest BCUT2D eigenvalue weighted by atomic mass is 35.5. The van der Waals surface area contributed by atoms with Gasteiger partial charge in [0.05, 0.1) is 17.7 Å². The van der Waals surface area contributed by atoms with Gasteiger partial charge < -0.3 is 16.2 Å². The van der Waals surface area contributed by atoms with Crippen LogP contribution in [0.1, 0.15) is 23.2 Å². The van der Waals surface area contributed by atoms with Crippen LogP contribution in [-0.4, -0.2) is 23.2 Å². The van der Waals surface area contributed by atoms with Gasteiger partial charge in [-0.1, -0.05) is 11.6 Å². The summed E-state index contributed by atoms with van der Waals surface area (Å²) in [6, 6.07) is 4.75. The molecule has 1 aromatic rings. The van der Waals surface area contributed by atoms with E-state index in [1.54, 1.807) is 12.1 Å². The number of hydrogen-bond acceptors (Lipinski definition) is 3. The van der Waals surface area contributed by atoms with Gasteiger partial charge in [0.25, 0.3) is 5.91 Å². The molecule has 5 heteroatoms. The second kappa shape index (κ2) is 3.96. The van der Waals surface area contributed by atoms with E-state index >= 15 is 0 Å². The largest absolute Gasteiger partial charge is 0.398 e. The summed E-state index contributed by atoms with van der Waals surface area (Å²) in [5.41, 5.74) is 5.99. The first-order valence-corrected chi connectivity index (χ1v) is 5.42. The van der Waals surface area contributed by atoms with Crippen LogP contribution in [0.25, 0.3) is 0 Å². The average Bonchev–Trinajstić information content (AvgIpc) is 3.02. The van der Waals surface area contributed by atoms with Crippen molar-refractivity contribution in [2.24, 2.45) is 0 Å². The third-order valence-corrected chi connectivity index (χ3v) is 3.03. The number of amides is 1. The third-order valence-electron chi connectivity index (χ3n) is 2.79. The molecule has 4 N–H and O–H groups in total. The van der Waals surface area contributed by atoms with Gasteiger partial charge in [0.1, 0.15) is 0 Å². The number of aliphatic hydroxyl groups excluding tert-OH is 1. The molecular formula is C11H13ClN2O2. The standard InChI is InChI=1S/C11H13ClN2O2/c12-7-1-2-9(13)8(5-7)10(16)14-11(6-15)3-4-11/h1-2,5,15H,3-4,6,13H2,(H,14,16). The molecule has 86 valence electrons. The Bertz CT molecular complexity index is 430. The van der Waals surface area contributed by atoms with E-state index in [2.05, 4.69) is 5.32 Å². The maximum atomic E-state index is 11.9. The lowest BCUT2D eigenvalue weighted by molar-refractivity contribution is 0.0907. The maximum absolute atomic E-state index is 11.9. The first kappa shape index (κ1) is 11.2. The minimum atomic E-state index is -0.439. The molecule has 0 heterocycles. The SMILES string of the molecule is Nc1ccc(Cl)cc1C(=O)NC1(CO)CC1. The molecule has 16 heavy (non-hydrogen) atoms. The van der Waals surface area contributed by atoms with Crippen LogP contribution in [0.3, 0.4) is 0 Å². The number of nitrogen functional groups attached to an aromatic ring is 1. The number of aliphatic hydroxyl groups is 1. The molecule has 4 nitrogen and oxygen atoms in total. The van der Waals surface area contributed by atoms with Crippen molar-refractivity contribution >= 4 is 23.2 Å². The lowest BCUT2D eigenvalue weighted by Crippen LogP contribution is -2.39. The number of carbonyl (C=O) groups is 1. The zero-order chi connectivity index (χ0) is 11.8. The molecule has 1 aromatic carbocycles. The van der Waals surface area contributed by atoms with Gasteiger partial charge in [0.2, 0.25) is 0 Å². The predicted octanol–water partition coefficient (Wildman–Crippen LogP) is 1.18. The molecule has 0 saturated heterocycles. The molecule has 0 bridgehead atoms. The Hall–Kier alpha value is -1.26. The first-order chi connectivity index (χ1) is 7.56. The van der Waals surface area contributed by atoms with Gasteiger partial charge >= 0.3 is 0 Å². The van der Waals surface area contributed by atoms with Crippen LogP contribution in [0, 0.1) is 0 Å². The van der Waals surface area contributed by atoms with Crippen LogP contribution in [0.4, 0.5) is 5.69 Å². The quantitative estimate of drug-likeness (QED) is 0.695. The molecular weight excluding hydrogens is 228 g/mol. The summed E-state index contributed by atoms with van der Waals surface area (Å²) in [7, 11) is 0. The highest BCUT2D eigenvalue weighted by Crippen LogP contribution is 2.35. The molecule has 1 aliphatic rings. The summed E-state index contributed by atoms with van der Waals surface area (Å²) < 4.78 is 0. The number of anilines is 1. The lowest BCUT2D eigenvalue weighted by atomic mass is 10.1. The average molecular weight is 241 g/mol. The topological polar surface area (TPSA) is 75.4 Å². The fourth-order valence-electron chi connectivity index (χ4n) is 1.51. The van der Waals surface area contributed by atoms with E-state index < -0.39 is 5.54 Å².